The van der Waals surface area contributed by atoms with Crippen molar-refractivity contribution in [2.75, 3.05) is 13.2 Å². The van der Waals surface area contributed by atoms with Gasteiger partial charge in [0.2, 0.25) is 5.91 Å². The minimum absolute atomic E-state index is 0.252. The zero-order valence-electron chi connectivity index (χ0n) is 49.9. The zero-order valence-corrected chi connectivity index (χ0v) is 49.9. The molecule has 0 aromatic rings. The number of unbranched alkanes of at least 4 members (excludes halogenated alkanes) is 43. The summed E-state index contributed by atoms with van der Waals surface area (Å²) in [5.74, 6) is -0.578. The van der Waals surface area contributed by atoms with Gasteiger partial charge in [-0.25, -0.2) is 0 Å². The van der Waals surface area contributed by atoms with Crippen LogP contribution in [0.25, 0.3) is 0 Å². The smallest absolute Gasteiger partial charge is 0.249 e. The summed E-state index contributed by atoms with van der Waals surface area (Å²) in [5, 5.41) is 65.4. The summed E-state index contributed by atoms with van der Waals surface area (Å²) >= 11 is 0. The van der Waals surface area contributed by atoms with Crippen LogP contribution in [0.5, 0.6) is 0 Å². The second kappa shape index (κ2) is 55.5. The summed E-state index contributed by atoms with van der Waals surface area (Å²) in [4.78, 5) is 13.2. The van der Waals surface area contributed by atoms with Crippen LogP contribution in [0, 0.1) is 0 Å². The Morgan fingerprint density at radius 2 is 0.776 bits per heavy atom. The minimum atomic E-state index is -1.60. The third-order valence-electron chi connectivity index (χ3n) is 16.2. The third-order valence-corrected chi connectivity index (χ3v) is 16.2. The molecule has 0 aromatic heterocycles. The molecule has 8 unspecified atom stereocenters. The first-order valence-corrected chi connectivity index (χ1v) is 33.1. The Balaban J connectivity index is 2.12. The van der Waals surface area contributed by atoms with E-state index in [0.29, 0.717) is 12.8 Å². The summed E-state index contributed by atoms with van der Waals surface area (Å²) in [7, 11) is 0. The molecule has 0 spiro atoms. The Labute approximate surface area is 469 Å². The number of allylic oxidation sites excluding steroid dienone is 4. The maximum atomic E-state index is 13.2. The van der Waals surface area contributed by atoms with Crippen LogP contribution >= 0.6 is 0 Å². The normalized spacial score (nSPS) is 19.3. The van der Waals surface area contributed by atoms with E-state index in [-0.39, 0.29) is 6.61 Å². The van der Waals surface area contributed by atoms with E-state index in [4.69, 9.17) is 9.47 Å². The van der Waals surface area contributed by atoms with E-state index in [2.05, 4.69) is 43.5 Å². The van der Waals surface area contributed by atoms with Crippen molar-refractivity contribution in [3.05, 3.63) is 24.3 Å². The van der Waals surface area contributed by atoms with Gasteiger partial charge < -0.3 is 45.4 Å². The van der Waals surface area contributed by atoms with Crippen molar-refractivity contribution in [3.8, 4) is 0 Å². The van der Waals surface area contributed by atoms with Crippen LogP contribution in [0.4, 0.5) is 0 Å². The maximum Gasteiger partial charge on any atom is 0.249 e. The van der Waals surface area contributed by atoms with Crippen LogP contribution in [0.15, 0.2) is 24.3 Å². The second-order valence-electron chi connectivity index (χ2n) is 23.4. The van der Waals surface area contributed by atoms with E-state index in [9.17, 15) is 35.4 Å². The van der Waals surface area contributed by atoms with E-state index >= 15 is 0 Å². The van der Waals surface area contributed by atoms with Gasteiger partial charge in [0.1, 0.15) is 30.5 Å². The van der Waals surface area contributed by atoms with Crippen molar-refractivity contribution in [3.63, 3.8) is 0 Å². The number of carbonyl (C=O) groups is 1. The van der Waals surface area contributed by atoms with Gasteiger partial charge in [0, 0.05) is 0 Å². The summed E-state index contributed by atoms with van der Waals surface area (Å²) < 4.78 is 11.3. The number of ether oxygens (including phenoxy) is 2. The number of amides is 1. The molecule has 0 aliphatic carbocycles. The number of aliphatic hydroxyl groups is 6. The highest BCUT2D eigenvalue weighted by Crippen LogP contribution is 2.24. The van der Waals surface area contributed by atoms with Crippen LogP contribution in [0.1, 0.15) is 328 Å². The van der Waals surface area contributed by atoms with Crippen molar-refractivity contribution >= 4 is 5.91 Å². The molecule has 1 fully saturated rings. The summed E-state index contributed by atoms with van der Waals surface area (Å²) in [6.07, 6.45) is 61.2. The topological polar surface area (TPSA) is 169 Å². The van der Waals surface area contributed by atoms with Crippen molar-refractivity contribution in [2.24, 2.45) is 0 Å². The average Bonchev–Trinajstić information content (AvgIpc) is 3.42. The first-order chi connectivity index (χ1) is 37.3. The predicted octanol–water partition coefficient (Wildman–Crippen LogP) is 16.3. The zero-order chi connectivity index (χ0) is 55.2. The van der Waals surface area contributed by atoms with Gasteiger partial charge in [0.25, 0.3) is 0 Å². The van der Waals surface area contributed by atoms with Gasteiger partial charge in [0.15, 0.2) is 6.29 Å². The highest BCUT2D eigenvalue weighted by atomic mass is 16.7. The molecule has 8 atom stereocenters. The van der Waals surface area contributed by atoms with E-state index in [0.717, 1.165) is 57.8 Å². The molecule has 450 valence electrons. The monoisotopic (exact) mass is 1080 g/mol. The molecular weight excluding hydrogens is 951 g/mol. The number of hydrogen-bond donors (Lipinski definition) is 7. The molecule has 1 amide bonds. The minimum Gasteiger partial charge on any atom is -0.394 e. The fourth-order valence-corrected chi connectivity index (χ4v) is 10.8. The van der Waals surface area contributed by atoms with Crippen LogP contribution < -0.4 is 5.32 Å². The van der Waals surface area contributed by atoms with Gasteiger partial charge in [-0.2, -0.15) is 0 Å². The predicted molar refractivity (Wildman–Crippen MR) is 320 cm³/mol. The molecule has 0 radical (unpaired) electrons. The fourth-order valence-electron chi connectivity index (χ4n) is 10.8. The molecule has 76 heavy (non-hydrogen) atoms. The largest absolute Gasteiger partial charge is 0.394 e. The first-order valence-electron chi connectivity index (χ1n) is 33.1. The van der Waals surface area contributed by atoms with E-state index < -0.39 is 61.5 Å². The quantitative estimate of drug-likeness (QED) is 0.0232. The van der Waals surface area contributed by atoms with Gasteiger partial charge >= 0.3 is 0 Å². The Hall–Kier alpha value is -1.37. The number of hydrogen-bond acceptors (Lipinski definition) is 9. The molecule has 1 heterocycles. The molecule has 0 saturated carbocycles. The molecule has 0 bridgehead atoms. The van der Waals surface area contributed by atoms with Gasteiger partial charge in [0.05, 0.1) is 25.4 Å². The number of rotatable bonds is 58. The molecule has 7 N–H and O–H groups in total. The lowest BCUT2D eigenvalue weighted by molar-refractivity contribution is -0.302. The highest BCUT2D eigenvalue weighted by molar-refractivity contribution is 5.80. The van der Waals surface area contributed by atoms with Crippen molar-refractivity contribution in [2.45, 2.75) is 377 Å². The standard InChI is InChI=1S/C66H127NO9/c1-3-5-7-9-11-13-15-17-19-21-22-23-24-25-26-27-28-29-30-31-32-33-34-35-36-37-39-41-43-45-47-49-51-53-55-60(70)65(74)67-58(57-75-66-64(73)63(72)62(71)61(56-68)76-66)59(69)54-52-50-48-46-44-42-40-38-20-18-16-14-12-10-8-6-4-2/h24-25,27-28,58-64,66,68-73H,3-23,26,29-57H2,1-2H3,(H,67,74)/b25-24-,28-27-. The molecule has 10 heteroatoms. The van der Waals surface area contributed by atoms with Crippen LogP contribution in [-0.4, -0.2) is 98.7 Å². The second-order valence-corrected chi connectivity index (χ2v) is 23.4. The third kappa shape index (κ3) is 43.4. The van der Waals surface area contributed by atoms with Gasteiger partial charge in [-0.05, 0) is 44.9 Å². The summed E-state index contributed by atoms with van der Waals surface area (Å²) in [5.41, 5.74) is 0. The van der Waals surface area contributed by atoms with Crippen LogP contribution in [0.3, 0.4) is 0 Å². The van der Waals surface area contributed by atoms with E-state index in [1.54, 1.807) is 0 Å². The molecule has 1 aliphatic heterocycles. The van der Waals surface area contributed by atoms with Gasteiger partial charge in [-0.3, -0.25) is 4.79 Å². The fraction of sp³-hybridized carbons (Fsp3) is 0.924. The SMILES string of the molecule is CCCCCCCCCCCCC/C=C\C/C=C\CCCCCCCCCCCCCCCCCCC(O)C(=O)NC(COC1OC(CO)C(O)C(O)C1O)C(O)CCCCCCCCCCCCCCCCCCC. The van der Waals surface area contributed by atoms with Crippen molar-refractivity contribution in [1.29, 1.82) is 0 Å². The molecule has 0 aromatic carbocycles. The molecule has 1 aliphatic rings. The maximum absolute atomic E-state index is 13.2. The lowest BCUT2D eigenvalue weighted by atomic mass is 9.99. The van der Waals surface area contributed by atoms with E-state index in [1.807, 2.05) is 0 Å². The number of nitrogens with one attached hydrogen (secondary N) is 1. The first kappa shape index (κ1) is 72.6. The average molecular weight is 1080 g/mol. The Morgan fingerprint density at radius 1 is 0.447 bits per heavy atom. The molecule has 1 rings (SSSR count). The highest BCUT2D eigenvalue weighted by Gasteiger charge is 2.44. The van der Waals surface area contributed by atoms with E-state index in [1.165, 1.54) is 244 Å². The van der Waals surface area contributed by atoms with Gasteiger partial charge in [-0.15, -0.1) is 0 Å². The lowest BCUT2D eigenvalue weighted by Gasteiger charge is -2.40. The lowest BCUT2D eigenvalue weighted by Crippen LogP contribution is -2.60. The summed E-state index contributed by atoms with van der Waals surface area (Å²) in [6.45, 7) is 3.72. The Bertz CT molecular complexity index is 1270. The molecule has 10 nitrogen and oxygen atoms in total. The Morgan fingerprint density at radius 3 is 1.13 bits per heavy atom. The van der Waals surface area contributed by atoms with Crippen molar-refractivity contribution in [1.82, 2.24) is 5.32 Å². The number of aliphatic hydroxyl groups excluding tert-OH is 6. The van der Waals surface area contributed by atoms with Crippen LogP contribution in [0.2, 0.25) is 0 Å². The molecule has 1 saturated heterocycles. The molecular formula is C66H127NO9. The number of carbonyl (C=O) groups excluding carboxylic acids is 1. The van der Waals surface area contributed by atoms with Crippen molar-refractivity contribution < 1.29 is 44.9 Å². The Kier molecular flexibility index (Phi) is 53.1. The summed E-state index contributed by atoms with van der Waals surface area (Å²) in [6, 6.07) is -0.893. The van der Waals surface area contributed by atoms with Crippen LogP contribution in [-0.2, 0) is 14.3 Å². The van der Waals surface area contributed by atoms with Gasteiger partial charge in [-0.1, -0.05) is 308 Å².